The van der Waals surface area contributed by atoms with Gasteiger partial charge in [0, 0.05) is 30.1 Å². The molecule has 2 aliphatic heterocycles. The first-order valence-electron chi connectivity index (χ1n) is 16.6. The maximum atomic E-state index is 13.6. The molecule has 1 amide bonds. The summed E-state index contributed by atoms with van der Waals surface area (Å²) >= 11 is 0. The van der Waals surface area contributed by atoms with Crippen LogP contribution in [0.15, 0.2) is 27.0 Å². The second-order valence-corrected chi connectivity index (χ2v) is 12.0. The number of carbonyl (C=O) groups excluding carboxylic acids is 2. The van der Waals surface area contributed by atoms with E-state index in [1.54, 1.807) is 0 Å². The van der Waals surface area contributed by atoms with Crippen LogP contribution in [0.25, 0.3) is 10.4 Å². The van der Waals surface area contributed by atoms with E-state index < -0.39 is 60.1 Å². The summed E-state index contributed by atoms with van der Waals surface area (Å²) in [6.45, 7) is 2.19. The average molecular weight is 651 g/mol. The number of hydrogen-bond donors (Lipinski definition) is 3. The molecular weight excluding hydrogens is 600 g/mol. The van der Waals surface area contributed by atoms with E-state index in [1.807, 2.05) is 0 Å². The number of esters is 1. The fraction of sp³-hybridized carbons (Fsp3) is 0.806. The molecule has 258 valence electrons. The number of nitrogens with zero attached hydrogens (tertiary/aromatic N) is 5. The Balaban J connectivity index is 1.62. The van der Waals surface area contributed by atoms with Gasteiger partial charge in [-0.2, -0.15) is 0 Å². The van der Waals surface area contributed by atoms with Crippen molar-refractivity contribution in [1.29, 1.82) is 0 Å². The standard InChI is InChI=1S/C31H50N6O9/c1-3-4-5-6-7-8-9-10-11-12-13-14-15-16-22(39)37-23(17-19-33-35-32)45-27(24(37)30(42)44-2)28-25(40)26(41)29(46-28)36-20-18-21(38)34-31(36)43/h18,20,23-29,40-41H,3-17,19H2,1-2H3,(H,34,38,43)/t23-,24+,25+,26-,27+,28+,29-/m1/s1. The van der Waals surface area contributed by atoms with Crippen LogP contribution in [-0.4, -0.2) is 86.9 Å². The molecule has 0 bridgehead atoms. The number of aliphatic hydroxyl groups excluding tert-OH is 2. The molecule has 7 atom stereocenters. The number of aliphatic hydroxyl groups is 2. The monoisotopic (exact) mass is 650 g/mol. The minimum absolute atomic E-state index is 0.0314. The quantitative estimate of drug-likeness (QED) is 0.0620. The number of unbranched alkanes of at least 4 members (excludes halogenated alkanes) is 12. The molecule has 0 radical (unpaired) electrons. The first kappa shape index (κ1) is 37.2. The highest BCUT2D eigenvalue weighted by Gasteiger charge is 2.58. The molecule has 3 N–H and O–H groups in total. The van der Waals surface area contributed by atoms with Crippen molar-refractivity contribution in [3.8, 4) is 0 Å². The van der Waals surface area contributed by atoms with Crippen molar-refractivity contribution in [3.05, 3.63) is 43.5 Å². The van der Waals surface area contributed by atoms with Gasteiger partial charge in [-0.05, 0) is 18.4 Å². The van der Waals surface area contributed by atoms with Crippen LogP contribution in [-0.2, 0) is 23.8 Å². The second kappa shape index (κ2) is 19.4. The van der Waals surface area contributed by atoms with E-state index in [0.29, 0.717) is 6.42 Å². The summed E-state index contributed by atoms with van der Waals surface area (Å²) in [5.41, 5.74) is 7.25. The summed E-state index contributed by atoms with van der Waals surface area (Å²) in [7, 11) is 1.16. The maximum absolute atomic E-state index is 13.6. The van der Waals surface area contributed by atoms with Gasteiger partial charge in [-0.1, -0.05) is 89.1 Å². The van der Waals surface area contributed by atoms with E-state index in [-0.39, 0.29) is 25.3 Å². The first-order chi connectivity index (χ1) is 22.2. The van der Waals surface area contributed by atoms with E-state index >= 15 is 0 Å². The van der Waals surface area contributed by atoms with E-state index in [9.17, 15) is 29.4 Å². The average Bonchev–Trinajstić information content (AvgIpc) is 3.56. The van der Waals surface area contributed by atoms with Crippen LogP contribution < -0.4 is 11.2 Å². The van der Waals surface area contributed by atoms with Gasteiger partial charge in [-0.3, -0.25) is 19.1 Å². The molecule has 3 rings (SSSR count). The zero-order chi connectivity index (χ0) is 33.5. The molecule has 2 fully saturated rings. The molecule has 0 unspecified atom stereocenters. The highest BCUT2D eigenvalue weighted by atomic mass is 16.6. The lowest BCUT2D eigenvalue weighted by Crippen LogP contribution is -2.52. The number of H-pyrrole nitrogens is 1. The highest BCUT2D eigenvalue weighted by molar-refractivity contribution is 5.86. The minimum Gasteiger partial charge on any atom is -0.467 e. The Hall–Kier alpha value is -3.23. The number of rotatable bonds is 20. The van der Waals surface area contributed by atoms with Crippen LogP contribution in [0.4, 0.5) is 0 Å². The van der Waals surface area contributed by atoms with E-state index in [2.05, 4.69) is 21.9 Å². The van der Waals surface area contributed by atoms with Crippen molar-refractivity contribution >= 4 is 11.9 Å². The molecule has 1 aromatic heterocycles. The fourth-order valence-electron chi connectivity index (χ4n) is 6.26. The molecule has 0 aromatic carbocycles. The first-order valence-corrected chi connectivity index (χ1v) is 16.6. The smallest absolute Gasteiger partial charge is 0.331 e. The Bertz CT molecular complexity index is 1270. The van der Waals surface area contributed by atoms with Crippen molar-refractivity contribution in [2.24, 2.45) is 5.11 Å². The van der Waals surface area contributed by atoms with Crippen LogP contribution in [0.3, 0.4) is 0 Å². The molecule has 3 heterocycles. The number of ether oxygens (including phenoxy) is 3. The summed E-state index contributed by atoms with van der Waals surface area (Å²) in [5.74, 6) is -1.18. The Morgan fingerprint density at radius 3 is 2.13 bits per heavy atom. The Morgan fingerprint density at radius 1 is 0.957 bits per heavy atom. The lowest BCUT2D eigenvalue weighted by atomic mass is 9.98. The van der Waals surface area contributed by atoms with Gasteiger partial charge in [-0.25, -0.2) is 9.59 Å². The number of methoxy groups -OCH3 is 1. The number of amides is 1. The van der Waals surface area contributed by atoms with Gasteiger partial charge in [-0.15, -0.1) is 0 Å². The molecule has 2 saturated heterocycles. The molecule has 15 nitrogen and oxygen atoms in total. The summed E-state index contributed by atoms with van der Waals surface area (Å²) < 4.78 is 17.9. The van der Waals surface area contributed by atoms with Gasteiger partial charge in [0.05, 0.1) is 7.11 Å². The predicted molar refractivity (Wildman–Crippen MR) is 167 cm³/mol. The van der Waals surface area contributed by atoms with Gasteiger partial charge >= 0.3 is 11.7 Å². The van der Waals surface area contributed by atoms with Gasteiger partial charge < -0.3 is 29.3 Å². The summed E-state index contributed by atoms with van der Waals surface area (Å²) in [4.78, 5) is 56.7. The maximum Gasteiger partial charge on any atom is 0.331 e. The normalized spacial score (nSPS) is 25.8. The Morgan fingerprint density at radius 2 is 1.57 bits per heavy atom. The number of aromatic amines is 1. The van der Waals surface area contributed by atoms with Gasteiger partial charge in [0.25, 0.3) is 5.56 Å². The third-order valence-electron chi connectivity index (χ3n) is 8.72. The minimum atomic E-state index is -1.63. The lowest BCUT2D eigenvalue weighted by molar-refractivity contribution is -0.154. The summed E-state index contributed by atoms with van der Waals surface area (Å²) in [6.07, 6.45) is 8.00. The summed E-state index contributed by atoms with van der Waals surface area (Å²) in [5, 5.41) is 25.3. The van der Waals surface area contributed by atoms with Crippen molar-refractivity contribution in [2.75, 3.05) is 13.7 Å². The molecule has 46 heavy (non-hydrogen) atoms. The van der Waals surface area contributed by atoms with E-state index in [4.69, 9.17) is 19.7 Å². The van der Waals surface area contributed by atoms with Crippen molar-refractivity contribution in [1.82, 2.24) is 14.5 Å². The van der Waals surface area contributed by atoms with Gasteiger partial charge in [0.2, 0.25) is 5.91 Å². The second-order valence-electron chi connectivity index (χ2n) is 12.0. The van der Waals surface area contributed by atoms with E-state index in [0.717, 1.165) is 49.6 Å². The van der Waals surface area contributed by atoms with Gasteiger partial charge in [0.1, 0.15) is 30.6 Å². The largest absolute Gasteiger partial charge is 0.467 e. The Kier molecular flexibility index (Phi) is 15.7. The third kappa shape index (κ3) is 10.1. The molecule has 15 heteroatoms. The molecule has 1 aromatic rings. The van der Waals surface area contributed by atoms with Crippen LogP contribution >= 0.6 is 0 Å². The van der Waals surface area contributed by atoms with Crippen LogP contribution in [0, 0.1) is 0 Å². The molecule has 0 aliphatic carbocycles. The SMILES string of the molecule is CCCCCCCCCCCCCCCC(=O)N1[C@H](C(=O)OC)[C@@H]([C@H]2O[C@@H](n3ccc(=O)[nH]c3=O)[C@H](O)[C@@H]2O)O[C@@H]1CCN=[N+]=[N-]. The molecule has 0 spiro atoms. The fourth-order valence-corrected chi connectivity index (χ4v) is 6.26. The lowest BCUT2D eigenvalue weighted by Gasteiger charge is -2.29. The predicted octanol–water partition coefficient (Wildman–Crippen LogP) is 3.43. The van der Waals surface area contributed by atoms with Crippen molar-refractivity contribution < 1.29 is 34.0 Å². The zero-order valence-corrected chi connectivity index (χ0v) is 27.0. The van der Waals surface area contributed by atoms with Crippen molar-refractivity contribution in [3.63, 3.8) is 0 Å². The van der Waals surface area contributed by atoms with Crippen LogP contribution in [0.2, 0.25) is 0 Å². The highest BCUT2D eigenvalue weighted by Crippen LogP contribution is 2.38. The Labute approximate surface area is 268 Å². The molecule has 2 aliphatic rings. The number of nitrogens with one attached hydrogen (secondary N) is 1. The summed E-state index contributed by atoms with van der Waals surface area (Å²) in [6, 6.07) is -0.281. The molecular formula is C31H50N6O9. The van der Waals surface area contributed by atoms with Crippen LogP contribution in [0.1, 0.15) is 109 Å². The van der Waals surface area contributed by atoms with Crippen LogP contribution in [0.5, 0.6) is 0 Å². The number of hydrogen-bond acceptors (Lipinski definition) is 10. The number of azide groups is 1. The van der Waals surface area contributed by atoms with E-state index in [1.165, 1.54) is 56.3 Å². The third-order valence-corrected chi connectivity index (χ3v) is 8.72. The number of carbonyl (C=O) groups is 2. The van der Waals surface area contributed by atoms with Gasteiger partial charge in [0.15, 0.2) is 12.3 Å². The van der Waals surface area contributed by atoms with Crippen molar-refractivity contribution in [2.45, 2.75) is 146 Å². The zero-order valence-electron chi connectivity index (χ0n) is 27.0. The topological polar surface area (TPSA) is 209 Å². The molecule has 0 saturated carbocycles. The number of aromatic nitrogens is 2.